The van der Waals surface area contributed by atoms with Gasteiger partial charge in [-0.15, -0.1) is 0 Å². The lowest BCUT2D eigenvalue weighted by atomic mass is 9.77. The summed E-state index contributed by atoms with van der Waals surface area (Å²) in [6, 6.07) is 9.96. The minimum absolute atomic E-state index is 0.0125. The van der Waals surface area contributed by atoms with Gasteiger partial charge in [-0.05, 0) is 31.2 Å². The molecule has 33 heavy (non-hydrogen) atoms. The molecule has 0 spiro atoms. The predicted octanol–water partition coefficient (Wildman–Crippen LogP) is 4.73. The van der Waals surface area contributed by atoms with Crippen molar-refractivity contribution in [2.24, 2.45) is 11.8 Å². The average Bonchev–Trinajstić information content (AvgIpc) is 3.38. The number of furan rings is 1. The summed E-state index contributed by atoms with van der Waals surface area (Å²) < 4.78 is 21.9. The smallest absolute Gasteiger partial charge is 0.271 e. The number of nitrogens with zero attached hydrogens (tertiary/aromatic N) is 2. The molecule has 2 aromatic heterocycles. The SMILES string of the molecule is C[C@H]1[C@H](C)CCC[C@@H]1NC(=O)[C@]1(C)Cn2c(cc3occc32)C(=O)N1Cc1ccccc1F. The van der Waals surface area contributed by atoms with Gasteiger partial charge in [0.25, 0.3) is 5.91 Å². The fourth-order valence-electron chi connectivity index (χ4n) is 5.43. The molecule has 3 heterocycles. The highest BCUT2D eigenvalue weighted by Crippen LogP contribution is 2.35. The Balaban J connectivity index is 1.54. The third kappa shape index (κ3) is 3.54. The number of carbonyl (C=O) groups excluding carboxylic acids is 2. The number of nitrogens with one attached hydrogen (secondary N) is 1. The summed E-state index contributed by atoms with van der Waals surface area (Å²) >= 11 is 0. The number of carbonyl (C=O) groups is 2. The van der Waals surface area contributed by atoms with Crippen molar-refractivity contribution in [2.75, 3.05) is 0 Å². The van der Waals surface area contributed by atoms with E-state index in [1.807, 2.05) is 10.6 Å². The van der Waals surface area contributed by atoms with Crippen LogP contribution in [0.2, 0.25) is 0 Å². The lowest BCUT2D eigenvalue weighted by Gasteiger charge is -2.45. The standard InChI is InChI=1S/C26H30FN3O3/c1-16-7-6-10-20(17(16)2)28-25(32)26(3)15-29-21-11-12-33-23(21)13-22(29)24(31)30(26)14-18-8-4-5-9-19(18)27/h4-5,8-9,11-13,16-17,20H,6-7,10,14-15H2,1-3H3,(H,28,32)/t16-,17+,20+,26+/m1/s1. The van der Waals surface area contributed by atoms with Gasteiger partial charge < -0.3 is 19.2 Å². The van der Waals surface area contributed by atoms with Gasteiger partial charge in [-0.25, -0.2) is 4.39 Å². The maximum atomic E-state index is 14.5. The van der Waals surface area contributed by atoms with E-state index in [9.17, 15) is 14.0 Å². The zero-order valence-electron chi connectivity index (χ0n) is 19.3. The monoisotopic (exact) mass is 451 g/mol. The third-order valence-electron chi connectivity index (χ3n) is 7.85. The Kier molecular flexibility index (Phi) is 5.30. The van der Waals surface area contributed by atoms with Gasteiger partial charge in [0.2, 0.25) is 5.91 Å². The quantitative estimate of drug-likeness (QED) is 0.624. The molecule has 5 rings (SSSR count). The molecule has 0 unspecified atom stereocenters. The number of fused-ring (bicyclic) bond motifs is 3. The highest BCUT2D eigenvalue weighted by Gasteiger charge is 2.49. The van der Waals surface area contributed by atoms with E-state index in [-0.39, 0.29) is 30.9 Å². The van der Waals surface area contributed by atoms with Gasteiger partial charge >= 0.3 is 0 Å². The molecule has 0 saturated heterocycles. The van der Waals surface area contributed by atoms with Crippen LogP contribution in [0.15, 0.2) is 47.1 Å². The summed E-state index contributed by atoms with van der Waals surface area (Å²) in [5, 5.41) is 3.26. The van der Waals surface area contributed by atoms with Crippen molar-refractivity contribution in [3.63, 3.8) is 0 Å². The van der Waals surface area contributed by atoms with Crippen LogP contribution in [0.3, 0.4) is 0 Å². The normalized spacial score (nSPS) is 27.6. The van der Waals surface area contributed by atoms with Gasteiger partial charge in [0, 0.05) is 23.7 Å². The molecule has 1 aliphatic heterocycles. The van der Waals surface area contributed by atoms with Gasteiger partial charge in [-0.3, -0.25) is 9.59 Å². The molecule has 174 valence electrons. The topological polar surface area (TPSA) is 67.5 Å². The molecule has 6 nitrogen and oxygen atoms in total. The minimum Gasteiger partial charge on any atom is -0.463 e. The number of hydrogen-bond acceptors (Lipinski definition) is 3. The Morgan fingerprint density at radius 2 is 2.03 bits per heavy atom. The van der Waals surface area contributed by atoms with Crippen LogP contribution in [-0.4, -0.2) is 32.9 Å². The van der Waals surface area contributed by atoms with E-state index in [4.69, 9.17) is 4.42 Å². The molecule has 2 aliphatic rings. The number of halogens is 1. The van der Waals surface area contributed by atoms with Crippen LogP contribution < -0.4 is 5.32 Å². The first-order chi connectivity index (χ1) is 15.8. The molecule has 0 radical (unpaired) electrons. The van der Waals surface area contributed by atoms with E-state index in [2.05, 4.69) is 19.2 Å². The Morgan fingerprint density at radius 1 is 1.24 bits per heavy atom. The van der Waals surface area contributed by atoms with E-state index in [1.165, 1.54) is 11.0 Å². The molecule has 0 bridgehead atoms. The molecule has 3 aromatic rings. The number of amides is 2. The first kappa shape index (κ1) is 21.7. The Labute approximate surface area is 192 Å². The number of rotatable bonds is 4. The zero-order chi connectivity index (χ0) is 23.3. The summed E-state index contributed by atoms with van der Waals surface area (Å²) in [4.78, 5) is 29.1. The van der Waals surface area contributed by atoms with Crippen molar-refractivity contribution in [3.8, 4) is 0 Å². The summed E-state index contributed by atoms with van der Waals surface area (Å²) in [6.07, 6.45) is 4.74. The second-order valence-corrected chi connectivity index (χ2v) is 9.89. The van der Waals surface area contributed by atoms with Crippen LogP contribution in [0.1, 0.15) is 56.1 Å². The molecule has 2 amide bonds. The molecule has 1 N–H and O–H groups in total. The van der Waals surface area contributed by atoms with Crippen molar-refractivity contribution in [1.29, 1.82) is 0 Å². The summed E-state index contributed by atoms with van der Waals surface area (Å²) in [6.45, 7) is 6.47. The largest absolute Gasteiger partial charge is 0.463 e. The van der Waals surface area contributed by atoms with Crippen LogP contribution in [0.4, 0.5) is 4.39 Å². The van der Waals surface area contributed by atoms with E-state index in [0.29, 0.717) is 28.7 Å². The lowest BCUT2D eigenvalue weighted by molar-refractivity contribution is -0.134. The van der Waals surface area contributed by atoms with E-state index < -0.39 is 11.4 Å². The molecule has 1 aliphatic carbocycles. The number of hydrogen-bond donors (Lipinski definition) is 1. The Bertz CT molecular complexity index is 1210. The third-order valence-corrected chi connectivity index (χ3v) is 7.85. The fourth-order valence-corrected chi connectivity index (χ4v) is 5.43. The highest BCUT2D eigenvalue weighted by atomic mass is 19.1. The first-order valence-corrected chi connectivity index (χ1v) is 11.7. The van der Waals surface area contributed by atoms with E-state index >= 15 is 0 Å². The predicted molar refractivity (Wildman–Crippen MR) is 123 cm³/mol. The number of aromatic nitrogens is 1. The molecule has 7 heteroatoms. The highest BCUT2D eigenvalue weighted by molar-refractivity contribution is 6.02. The number of benzene rings is 1. The van der Waals surface area contributed by atoms with Crippen molar-refractivity contribution in [2.45, 2.75) is 64.7 Å². The van der Waals surface area contributed by atoms with Crippen molar-refractivity contribution in [3.05, 3.63) is 59.7 Å². The van der Waals surface area contributed by atoms with E-state index in [0.717, 1.165) is 24.8 Å². The van der Waals surface area contributed by atoms with Gasteiger partial charge in [0.1, 0.15) is 17.1 Å². The molecule has 4 atom stereocenters. The van der Waals surface area contributed by atoms with Crippen LogP contribution in [-0.2, 0) is 17.9 Å². The van der Waals surface area contributed by atoms with Crippen LogP contribution in [0, 0.1) is 17.7 Å². The molecule has 1 saturated carbocycles. The van der Waals surface area contributed by atoms with Crippen LogP contribution >= 0.6 is 0 Å². The molecular weight excluding hydrogens is 421 g/mol. The second-order valence-electron chi connectivity index (χ2n) is 9.89. The molecule has 1 fully saturated rings. The maximum Gasteiger partial charge on any atom is 0.271 e. The van der Waals surface area contributed by atoms with Crippen LogP contribution in [0.25, 0.3) is 11.1 Å². The van der Waals surface area contributed by atoms with Gasteiger partial charge in [-0.2, -0.15) is 0 Å². The lowest BCUT2D eigenvalue weighted by Crippen LogP contribution is -2.65. The average molecular weight is 452 g/mol. The van der Waals surface area contributed by atoms with Gasteiger partial charge in [0.05, 0.1) is 24.9 Å². The summed E-state index contributed by atoms with van der Waals surface area (Å²) in [7, 11) is 0. The van der Waals surface area contributed by atoms with Crippen LogP contribution in [0.5, 0.6) is 0 Å². The van der Waals surface area contributed by atoms with E-state index in [1.54, 1.807) is 37.5 Å². The summed E-state index contributed by atoms with van der Waals surface area (Å²) in [5.41, 5.74) is 1.03. The minimum atomic E-state index is -1.18. The fraction of sp³-hybridized carbons (Fsp3) is 0.462. The zero-order valence-corrected chi connectivity index (χ0v) is 19.3. The Morgan fingerprint density at radius 3 is 2.82 bits per heavy atom. The first-order valence-electron chi connectivity index (χ1n) is 11.7. The molecule has 1 aromatic carbocycles. The summed E-state index contributed by atoms with van der Waals surface area (Å²) in [5.74, 6) is -0.0143. The van der Waals surface area contributed by atoms with Gasteiger partial charge in [0.15, 0.2) is 5.58 Å². The van der Waals surface area contributed by atoms with Crippen molar-refractivity contribution in [1.82, 2.24) is 14.8 Å². The Hall–Kier alpha value is -3.09. The molecular formula is C26H30FN3O3. The van der Waals surface area contributed by atoms with Crippen molar-refractivity contribution >= 4 is 22.9 Å². The maximum absolute atomic E-state index is 14.5. The van der Waals surface area contributed by atoms with Gasteiger partial charge in [-0.1, -0.05) is 44.9 Å². The second kappa shape index (κ2) is 8.04. The van der Waals surface area contributed by atoms with Crippen molar-refractivity contribution < 1.29 is 18.4 Å².